The number of aliphatic hydroxyl groups is 1. The summed E-state index contributed by atoms with van der Waals surface area (Å²) in [4.78, 5) is 4.24. The largest absolute Gasteiger partial charge is 0.493 e. The van der Waals surface area contributed by atoms with Crippen LogP contribution < -0.4 is 20.1 Å². The molecule has 0 aromatic heterocycles. The molecule has 6 nitrogen and oxygen atoms in total. The van der Waals surface area contributed by atoms with Gasteiger partial charge < -0.3 is 25.2 Å². The van der Waals surface area contributed by atoms with Crippen molar-refractivity contribution < 1.29 is 14.6 Å². The van der Waals surface area contributed by atoms with Gasteiger partial charge in [0.15, 0.2) is 17.5 Å². The van der Waals surface area contributed by atoms with Gasteiger partial charge in [-0.3, -0.25) is 4.99 Å². The molecule has 152 valence electrons. The predicted molar refractivity (Wildman–Crippen MR) is 114 cm³/mol. The highest BCUT2D eigenvalue weighted by Crippen LogP contribution is 2.36. The van der Waals surface area contributed by atoms with Gasteiger partial charge in [-0.25, -0.2) is 0 Å². The first kappa shape index (κ1) is 21.9. The lowest BCUT2D eigenvalue weighted by Crippen LogP contribution is -2.39. The van der Waals surface area contributed by atoms with Crippen molar-refractivity contribution in [1.82, 2.24) is 10.6 Å². The zero-order valence-electron chi connectivity index (χ0n) is 16.5. The van der Waals surface area contributed by atoms with Crippen molar-refractivity contribution in [1.29, 1.82) is 0 Å². The number of hydrogen-bond donors (Lipinski definition) is 3. The minimum atomic E-state index is -0.0141. The van der Waals surface area contributed by atoms with E-state index in [1.165, 1.54) is 0 Å². The maximum absolute atomic E-state index is 9.69. The lowest BCUT2D eigenvalue weighted by molar-refractivity contribution is 0.265. The lowest BCUT2D eigenvalue weighted by atomic mass is 10.0. The summed E-state index contributed by atoms with van der Waals surface area (Å²) in [7, 11) is 3.29. The maximum atomic E-state index is 9.69. The number of methoxy groups -OCH3 is 1. The van der Waals surface area contributed by atoms with Gasteiger partial charge in [0, 0.05) is 26.1 Å². The number of benzene rings is 2. The van der Waals surface area contributed by atoms with Gasteiger partial charge in [0.2, 0.25) is 0 Å². The quantitative estimate of drug-likeness (QED) is 0.441. The van der Waals surface area contributed by atoms with Crippen LogP contribution in [0.3, 0.4) is 0 Å². The summed E-state index contributed by atoms with van der Waals surface area (Å²) in [6.45, 7) is 3.54. The molecule has 0 fully saturated rings. The highest BCUT2D eigenvalue weighted by atomic mass is 35.5. The van der Waals surface area contributed by atoms with Crippen LogP contribution in [0, 0.1) is 0 Å². The summed E-state index contributed by atoms with van der Waals surface area (Å²) in [5, 5.41) is 16.7. The van der Waals surface area contributed by atoms with E-state index in [1.54, 1.807) is 14.2 Å². The fourth-order valence-electron chi connectivity index (χ4n) is 2.80. The third-order valence-corrected chi connectivity index (χ3v) is 4.55. The second-order valence-corrected chi connectivity index (χ2v) is 6.55. The van der Waals surface area contributed by atoms with Crippen molar-refractivity contribution in [3.05, 3.63) is 58.6 Å². The Morgan fingerprint density at radius 1 is 1.21 bits per heavy atom. The molecular formula is C21H28ClN3O3. The zero-order chi connectivity index (χ0) is 20.4. The Kier molecular flexibility index (Phi) is 8.91. The van der Waals surface area contributed by atoms with Crippen LogP contribution in [-0.4, -0.2) is 45.0 Å². The Morgan fingerprint density at radius 2 is 1.96 bits per heavy atom. The number of rotatable bonds is 9. The first-order chi connectivity index (χ1) is 13.6. The van der Waals surface area contributed by atoms with E-state index in [4.69, 9.17) is 21.1 Å². The van der Waals surface area contributed by atoms with E-state index in [1.807, 2.05) is 49.4 Å². The van der Waals surface area contributed by atoms with Gasteiger partial charge in [0.05, 0.1) is 25.3 Å². The molecule has 0 heterocycles. The molecule has 0 aliphatic heterocycles. The summed E-state index contributed by atoms with van der Waals surface area (Å²) >= 11 is 6.32. The van der Waals surface area contributed by atoms with Gasteiger partial charge in [-0.2, -0.15) is 0 Å². The molecule has 7 heteroatoms. The van der Waals surface area contributed by atoms with Gasteiger partial charge in [-0.15, -0.1) is 0 Å². The van der Waals surface area contributed by atoms with Crippen LogP contribution in [0.25, 0.3) is 0 Å². The highest BCUT2D eigenvalue weighted by molar-refractivity contribution is 6.32. The molecule has 0 aliphatic rings. The molecule has 2 rings (SSSR count). The van der Waals surface area contributed by atoms with Crippen LogP contribution in [0.2, 0.25) is 5.02 Å². The molecule has 0 saturated carbocycles. The fraction of sp³-hybridized carbons (Fsp3) is 0.381. The van der Waals surface area contributed by atoms with Crippen molar-refractivity contribution in [3.63, 3.8) is 0 Å². The molecule has 0 bridgehead atoms. The molecular weight excluding hydrogens is 378 g/mol. The molecule has 0 saturated heterocycles. The molecule has 0 spiro atoms. The van der Waals surface area contributed by atoms with E-state index in [2.05, 4.69) is 15.6 Å². The number of aliphatic hydroxyl groups excluding tert-OH is 1. The van der Waals surface area contributed by atoms with E-state index in [0.717, 1.165) is 11.1 Å². The van der Waals surface area contributed by atoms with E-state index < -0.39 is 0 Å². The number of nitrogens with one attached hydrogen (secondary N) is 2. The number of halogens is 1. The molecule has 28 heavy (non-hydrogen) atoms. The lowest BCUT2D eigenvalue weighted by Gasteiger charge is -2.18. The minimum absolute atomic E-state index is 0.0141. The molecule has 1 atom stereocenters. The Balaban J connectivity index is 1.97. The Bertz CT molecular complexity index is 769. The Labute approximate surface area is 171 Å². The summed E-state index contributed by atoms with van der Waals surface area (Å²) < 4.78 is 10.9. The number of hydrogen-bond acceptors (Lipinski definition) is 4. The van der Waals surface area contributed by atoms with Gasteiger partial charge in [0.25, 0.3) is 0 Å². The summed E-state index contributed by atoms with van der Waals surface area (Å²) in [6, 6.07) is 13.6. The second kappa shape index (κ2) is 11.4. The van der Waals surface area contributed by atoms with E-state index in [-0.39, 0.29) is 12.5 Å². The van der Waals surface area contributed by atoms with Gasteiger partial charge in [-0.05, 0) is 30.2 Å². The fourth-order valence-corrected chi connectivity index (χ4v) is 3.09. The number of nitrogens with zero attached hydrogens (tertiary/aromatic N) is 1. The monoisotopic (exact) mass is 405 g/mol. The van der Waals surface area contributed by atoms with Crippen LogP contribution in [0.15, 0.2) is 47.5 Å². The average Bonchev–Trinajstić information content (AvgIpc) is 2.73. The van der Waals surface area contributed by atoms with E-state index in [0.29, 0.717) is 42.2 Å². The first-order valence-corrected chi connectivity index (χ1v) is 9.60. The van der Waals surface area contributed by atoms with Crippen LogP contribution in [-0.2, 0) is 6.54 Å². The number of ether oxygens (including phenoxy) is 2. The first-order valence-electron chi connectivity index (χ1n) is 9.22. The van der Waals surface area contributed by atoms with Gasteiger partial charge in [-0.1, -0.05) is 41.9 Å². The zero-order valence-corrected chi connectivity index (χ0v) is 17.3. The van der Waals surface area contributed by atoms with Crippen LogP contribution in [0.4, 0.5) is 0 Å². The van der Waals surface area contributed by atoms with Crippen molar-refractivity contribution in [2.45, 2.75) is 19.4 Å². The molecule has 0 amide bonds. The second-order valence-electron chi connectivity index (χ2n) is 6.14. The van der Waals surface area contributed by atoms with Crippen LogP contribution in [0.5, 0.6) is 11.5 Å². The summed E-state index contributed by atoms with van der Waals surface area (Å²) in [5.41, 5.74) is 2.02. The summed E-state index contributed by atoms with van der Waals surface area (Å²) in [5.74, 6) is 1.77. The molecule has 1 unspecified atom stereocenters. The SMILES string of the molecule is CCOc1c(Cl)cc(CNC(=NC)NCC(CO)c2ccccc2)cc1OC. The van der Waals surface area contributed by atoms with Gasteiger partial charge >= 0.3 is 0 Å². The highest BCUT2D eigenvalue weighted by Gasteiger charge is 2.13. The van der Waals surface area contributed by atoms with Crippen molar-refractivity contribution in [2.75, 3.05) is 33.9 Å². The van der Waals surface area contributed by atoms with Crippen LogP contribution in [0.1, 0.15) is 24.0 Å². The van der Waals surface area contributed by atoms with E-state index >= 15 is 0 Å². The average molecular weight is 406 g/mol. The molecule has 2 aromatic carbocycles. The van der Waals surface area contributed by atoms with E-state index in [9.17, 15) is 5.11 Å². The maximum Gasteiger partial charge on any atom is 0.191 e. The molecule has 2 aromatic rings. The number of guanidine groups is 1. The normalized spacial score (nSPS) is 12.4. The minimum Gasteiger partial charge on any atom is -0.493 e. The van der Waals surface area contributed by atoms with Gasteiger partial charge in [0.1, 0.15) is 0 Å². The third kappa shape index (κ3) is 6.04. The Hall–Kier alpha value is -2.44. The topological polar surface area (TPSA) is 75.1 Å². The smallest absolute Gasteiger partial charge is 0.191 e. The summed E-state index contributed by atoms with van der Waals surface area (Å²) in [6.07, 6.45) is 0. The molecule has 0 radical (unpaired) electrons. The standard InChI is InChI=1S/C21H28ClN3O3/c1-4-28-20-18(22)10-15(11-19(20)27-3)12-24-21(23-2)25-13-17(14-26)16-8-6-5-7-9-16/h5-11,17,26H,4,12-14H2,1-3H3,(H2,23,24,25). The van der Waals surface area contributed by atoms with Crippen molar-refractivity contribution >= 4 is 17.6 Å². The van der Waals surface area contributed by atoms with Crippen molar-refractivity contribution in [2.24, 2.45) is 4.99 Å². The molecule has 3 N–H and O–H groups in total. The van der Waals surface area contributed by atoms with Crippen molar-refractivity contribution in [3.8, 4) is 11.5 Å². The Morgan fingerprint density at radius 3 is 2.57 bits per heavy atom. The number of aliphatic imine (C=N–C) groups is 1. The predicted octanol–water partition coefficient (Wildman–Crippen LogP) is 3.19. The van der Waals surface area contributed by atoms with Crippen LogP contribution >= 0.6 is 11.6 Å². The molecule has 0 aliphatic carbocycles. The third-order valence-electron chi connectivity index (χ3n) is 4.27.